The number of carbonyl (C=O) groups is 1. The quantitative estimate of drug-likeness (QED) is 0.633. The molecule has 2 rings (SSSR count). The van der Waals surface area contributed by atoms with E-state index >= 15 is 0 Å². The van der Waals surface area contributed by atoms with Crippen molar-refractivity contribution in [1.82, 2.24) is 4.57 Å². The molecule has 0 unspecified atom stereocenters. The monoisotopic (exact) mass is 279 g/mol. The molecule has 0 spiro atoms. The molecule has 0 aliphatic heterocycles. The first-order chi connectivity index (χ1) is 9.10. The Labute approximate surface area is 114 Å². The van der Waals surface area contributed by atoms with Gasteiger partial charge in [0.1, 0.15) is 18.0 Å². The van der Waals surface area contributed by atoms with Crippen LogP contribution in [0.15, 0.2) is 34.4 Å². The fraction of sp³-hybridized carbons (Fsp3) is 0.231. The summed E-state index contributed by atoms with van der Waals surface area (Å²) in [5.74, 6) is 0.630. The molecule has 1 heterocycles. The normalized spacial score (nSPS) is 10.2. The molecule has 5 nitrogen and oxygen atoms in total. The van der Waals surface area contributed by atoms with Crippen LogP contribution in [0.2, 0.25) is 0 Å². The van der Waals surface area contributed by atoms with Gasteiger partial charge in [-0.1, -0.05) is 11.3 Å². The van der Waals surface area contributed by atoms with Crippen LogP contribution in [0.4, 0.5) is 0 Å². The Hall–Kier alpha value is -2.08. The van der Waals surface area contributed by atoms with E-state index in [1.807, 2.05) is 0 Å². The van der Waals surface area contributed by atoms with Gasteiger partial charge in [-0.25, -0.2) is 4.79 Å². The van der Waals surface area contributed by atoms with E-state index < -0.39 is 5.97 Å². The van der Waals surface area contributed by atoms with Crippen LogP contribution in [-0.2, 0) is 11.3 Å². The number of methoxy groups -OCH3 is 1. The summed E-state index contributed by atoms with van der Waals surface area (Å²) >= 11 is 1.07. The van der Waals surface area contributed by atoms with Gasteiger partial charge in [0.05, 0.1) is 7.11 Å². The summed E-state index contributed by atoms with van der Waals surface area (Å²) in [6, 6.07) is 6.68. The first-order valence-corrected chi connectivity index (χ1v) is 6.48. The highest BCUT2D eigenvalue weighted by Gasteiger charge is 2.10. The number of thiazole rings is 1. The first kappa shape index (κ1) is 13.4. The standard InChI is InChI=1S/C13H13NO4S/c1-9-8-19-13(16)14(9)7-12(15)18-11-5-3-10(17-2)4-6-11/h3-6,8H,7H2,1-2H3. The van der Waals surface area contributed by atoms with E-state index in [2.05, 4.69) is 0 Å². The molecule has 0 amide bonds. The van der Waals surface area contributed by atoms with Crippen LogP contribution < -0.4 is 14.3 Å². The van der Waals surface area contributed by atoms with Crippen molar-refractivity contribution in [3.05, 3.63) is 45.0 Å². The number of nitrogens with zero attached hydrogens (tertiary/aromatic N) is 1. The molecule has 100 valence electrons. The third kappa shape index (κ3) is 3.23. The lowest BCUT2D eigenvalue weighted by Crippen LogP contribution is -2.23. The zero-order chi connectivity index (χ0) is 13.8. The number of ether oxygens (including phenoxy) is 2. The Balaban J connectivity index is 2.03. The minimum atomic E-state index is -0.478. The summed E-state index contributed by atoms with van der Waals surface area (Å²) in [6.45, 7) is 1.69. The van der Waals surface area contributed by atoms with Crippen LogP contribution >= 0.6 is 11.3 Å². The number of aromatic nitrogens is 1. The molecule has 1 aromatic heterocycles. The van der Waals surface area contributed by atoms with Crippen molar-refractivity contribution in [3.63, 3.8) is 0 Å². The van der Waals surface area contributed by atoms with Gasteiger partial charge in [0.2, 0.25) is 0 Å². The van der Waals surface area contributed by atoms with Crippen molar-refractivity contribution >= 4 is 17.3 Å². The van der Waals surface area contributed by atoms with Gasteiger partial charge in [0.15, 0.2) is 0 Å². The van der Waals surface area contributed by atoms with E-state index in [0.29, 0.717) is 11.5 Å². The third-order valence-electron chi connectivity index (χ3n) is 2.55. The second kappa shape index (κ2) is 5.71. The van der Waals surface area contributed by atoms with Crippen LogP contribution in [0, 0.1) is 6.92 Å². The number of hydrogen-bond acceptors (Lipinski definition) is 5. The Kier molecular flexibility index (Phi) is 4.01. The summed E-state index contributed by atoms with van der Waals surface area (Å²) < 4.78 is 11.5. The second-order valence-corrected chi connectivity index (χ2v) is 4.70. The Morgan fingerprint density at radius 2 is 1.89 bits per heavy atom. The average molecular weight is 279 g/mol. The minimum absolute atomic E-state index is 0.0831. The highest BCUT2D eigenvalue weighted by molar-refractivity contribution is 7.07. The summed E-state index contributed by atoms with van der Waals surface area (Å²) in [7, 11) is 1.56. The Morgan fingerprint density at radius 3 is 2.42 bits per heavy atom. The van der Waals surface area contributed by atoms with Crippen LogP contribution in [0.25, 0.3) is 0 Å². The van der Waals surface area contributed by atoms with Crippen molar-refractivity contribution < 1.29 is 14.3 Å². The molecule has 0 saturated carbocycles. The summed E-state index contributed by atoms with van der Waals surface area (Å²) in [4.78, 5) is 23.0. The first-order valence-electron chi connectivity index (χ1n) is 5.60. The summed E-state index contributed by atoms with van der Waals surface area (Å²) in [5.41, 5.74) is 0.752. The van der Waals surface area contributed by atoms with Gasteiger partial charge in [0, 0.05) is 11.1 Å². The molecular weight excluding hydrogens is 266 g/mol. The maximum absolute atomic E-state index is 11.7. The van der Waals surface area contributed by atoms with Crippen molar-refractivity contribution in [3.8, 4) is 11.5 Å². The molecule has 0 fully saturated rings. The van der Waals surface area contributed by atoms with Crippen molar-refractivity contribution in [2.45, 2.75) is 13.5 Å². The molecule has 0 aliphatic rings. The van der Waals surface area contributed by atoms with Gasteiger partial charge in [-0.3, -0.25) is 9.36 Å². The van der Waals surface area contributed by atoms with E-state index in [1.54, 1.807) is 43.7 Å². The maximum Gasteiger partial charge on any atom is 0.331 e. The number of rotatable bonds is 4. The number of carbonyl (C=O) groups excluding carboxylic acids is 1. The van der Waals surface area contributed by atoms with Crippen molar-refractivity contribution in [2.75, 3.05) is 7.11 Å². The molecule has 1 aromatic carbocycles. The highest BCUT2D eigenvalue weighted by Crippen LogP contribution is 2.17. The van der Waals surface area contributed by atoms with E-state index in [-0.39, 0.29) is 11.4 Å². The van der Waals surface area contributed by atoms with Crippen molar-refractivity contribution in [1.29, 1.82) is 0 Å². The number of benzene rings is 1. The van der Waals surface area contributed by atoms with E-state index in [0.717, 1.165) is 17.0 Å². The Bertz CT molecular complexity index is 627. The zero-order valence-corrected chi connectivity index (χ0v) is 11.4. The maximum atomic E-state index is 11.7. The minimum Gasteiger partial charge on any atom is -0.497 e. The van der Waals surface area contributed by atoms with Gasteiger partial charge in [-0.05, 0) is 31.2 Å². The number of aryl methyl sites for hydroxylation is 1. The van der Waals surface area contributed by atoms with Gasteiger partial charge in [-0.2, -0.15) is 0 Å². The molecule has 0 N–H and O–H groups in total. The van der Waals surface area contributed by atoms with Crippen LogP contribution in [0.5, 0.6) is 11.5 Å². The zero-order valence-electron chi connectivity index (χ0n) is 10.6. The van der Waals surface area contributed by atoms with Gasteiger partial charge in [-0.15, -0.1) is 0 Å². The number of esters is 1. The average Bonchev–Trinajstić information content (AvgIpc) is 2.71. The second-order valence-electron chi connectivity index (χ2n) is 3.88. The SMILES string of the molecule is COc1ccc(OC(=O)Cn2c(C)csc2=O)cc1. The largest absolute Gasteiger partial charge is 0.497 e. The molecule has 0 radical (unpaired) electrons. The van der Waals surface area contributed by atoms with Gasteiger partial charge < -0.3 is 9.47 Å². The van der Waals surface area contributed by atoms with Gasteiger partial charge in [0.25, 0.3) is 0 Å². The van der Waals surface area contributed by atoms with E-state index in [4.69, 9.17) is 9.47 Å². The van der Waals surface area contributed by atoms with E-state index in [1.165, 1.54) is 4.57 Å². The predicted octanol–water partition coefficient (Wildman–Crippen LogP) is 1.83. The lowest BCUT2D eigenvalue weighted by molar-refractivity contribution is -0.135. The molecule has 6 heteroatoms. The fourth-order valence-electron chi connectivity index (χ4n) is 1.53. The fourth-order valence-corrected chi connectivity index (χ4v) is 2.27. The summed E-state index contributed by atoms with van der Waals surface area (Å²) in [6.07, 6.45) is 0. The molecular formula is C13H13NO4S. The molecule has 0 atom stereocenters. The Morgan fingerprint density at radius 1 is 1.26 bits per heavy atom. The van der Waals surface area contributed by atoms with Crippen molar-refractivity contribution in [2.24, 2.45) is 0 Å². The molecule has 0 saturated heterocycles. The molecule has 0 aliphatic carbocycles. The smallest absolute Gasteiger partial charge is 0.331 e. The summed E-state index contributed by atoms with van der Waals surface area (Å²) in [5, 5.41) is 1.71. The van der Waals surface area contributed by atoms with Crippen LogP contribution in [-0.4, -0.2) is 17.6 Å². The third-order valence-corrected chi connectivity index (χ3v) is 3.44. The lowest BCUT2D eigenvalue weighted by Gasteiger charge is -2.06. The highest BCUT2D eigenvalue weighted by atomic mass is 32.1. The number of hydrogen-bond donors (Lipinski definition) is 0. The molecule has 0 bridgehead atoms. The molecule has 19 heavy (non-hydrogen) atoms. The predicted molar refractivity (Wildman–Crippen MR) is 71.9 cm³/mol. The van der Waals surface area contributed by atoms with Crippen LogP contribution in [0.1, 0.15) is 5.69 Å². The van der Waals surface area contributed by atoms with Crippen LogP contribution in [0.3, 0.4) is 0 Å². The van der Waals surface area contributed by atoms with Gasteiger partial charge >= 0.3 is 10.8 Å². The van der Waals surface area contributed by atoms with E-state index in [9.17, 15) is 9.59 Å². The lowest BCUT2D eigenvalue weighted by atomic mass is 10.3. The molecule has 2 aromatic rings. The topological polar surface area (TPSA) is 57.5 Å².